The summed E-state index contributed by atoms with van der Waals surface area (Å²) in [6.45, 7) is -1.09. The molecule has 1 aliphatic heterocycles. The fraction of sp³-hybridized carbons (Fsp3) is 0.545. The van der Waals surface area contributed by atoms with Crippen LogP contribution in [-0.2, 0) is 16.5 Å². The molecule has 1 radical (unpaired) electrons. The van der Waals surface area contributed by atoms with Crippen LogP contribution < -0.4 is 5.73 Å². The lowest BCUT2D eigenvalue weighted by atomic mass is 10.1. The van der Waals surface area contributed by atoms with Crippen LogP contribution in [0.2, 0.25) is 0 Å². The molecule has 1 fully saturated rings. The molecule has 10 heteroatoms. The molecule has 0 unspecified atom stereocenters. The Morgan fingerprint density at radius 3 is 2.71 bits per heavy atom. The number of aromatic nitrogens is 4. The summed E-state index contributed by atoms with van der Waals surface area (Å²) < 4.78 is 6.75. The van der Waals surface area contributed by atoms with Crippen LogP contribution in [0.3, 0.4) is 0 Å². The Balaban J connectivity index is 2.07. The molecule has 113 valence electrons. The first-order valence-corrected chi connectivity index (χ1v) is 6.26. The number of aliphatic hydroxyl groups excluding tert-OH is 3. The van der Waals surface area contributed by atoms with E-state index in [-0.39, 0.29) is 22.8 Å². The van der Waals surface area contributed by atoms with Crippen LogP contribution in [0.5, 0.6) is 0 Å². The number of nitrogens with two attached hydrogens (primary N) is 1. The maximum absolute atomic E-state index is 10.9. The van der Waals surface area contributed by atoms with Crippen LogP contribution in [0.25, 0.3) is 11.2 Å². The predicted octanol–water partition coefficient (Wildman–Crippen LogP) is -2.05. The van der Waals surface area contributed by atoms with Crippen LogP contribution in [0.15, 0.2) is 6.33 Å². The fourth-order valence-electron chi connectivity index (χ4n) is 2.35. The van der Waals surface area contributed by atoms with Gasteiger partial charge in [0.25, 0.3) is 0 Å². The van der Waals surface area contributed by atoms with Gasteiger partial charge in [0.15, 0.2) is 23.5 Å². The van der Waals surface area contributed by atoms with Crippen LogP contribution >= 0.6 is 0 Å². The minimum atomic E-state index is -1.27. The summed E-state index contributed by atoms with van der Waals surface area (Å²) in [6.07, 6.45) is -3.09. The lowest BCUT2D eigenvalue weighted by molar-refractivity contribution is -0.0511. The number of nitrogens with zero attached hydrogens (tertiary/aromatic N) is 4. The number of rotatable bonds is 3. The largest absolute Gasteiger partial charge is 0.394 e. The molecule has 3 heterocycles. The summed E-state index contributed by atoms with van der Waals surface area (Å²) in [5.41, 5.74) is 6.20. The van der Waals surface area contributed by atoms with Crippen molar-refractivity contribution in [2.24, 2.45) is 0 Å². The molecular weight excluding hydrogens is 282 g/mol. The molecule has 21 heavy (non-hydrogen) atoms. The van der Waals surface area contributed by atoms with Gasteiger partial charge in [0.05, 0.1) is 12.9 Å². The van der Waals surface area contributed by atoms with Gasteiger partial charge in [0.1, 0.15) is 30.4 Å². The van der Waals surface area contributed by atoms with Crippen molar-refractivity contribution in [1.29, 1.82) is 0 Å². The lowest BCUT2D eigenvalue weighted by Gasteiger charge is -2.16. The number of hydrogen-bond acceptors (Lipinski definition) is 8. The van der Waals surface area contributed by atoms with Gasteiger partial charge in [-0.25, -0.2) is 20.1 Å². The molecule has 0 spiro atoms. The van der Waals surface area contributed by atoms with Crippen molar-refractivity contribution < 1.29 is 25.2 Å². The van der Waals surface area contributed by atoms with Crippen molar-refractivity contribution >= 4 is 17.0 Å². The summed E-state index contributed by atoms with van der Waals surface area (Å²) in [5.74, 6) is 0.0461. The predicted molar refractivity (Wildman–Crippen MR) is 67.1 cm³/mol. The van der Waals surface area contributed by atoms with E-state index < -0.39 is 37.8 Å². The van der Waals surface area contributed by atoms with Gasteiger partial charge in [-0.3, -0.25) is 4.57 Å². The zero-order chi connectivity index (χ0) is 15.1. The number of fused-ring (bicyclic) bond motifs is 1. The second-order valence-electron chi connectivity index (χ2n) is 4.72. The van der Waals surface area contributed by atoms with Gasteiger partial charge in [-0.2, -0.15) is 0 Å². The highest BCUT2D eigenvalue weighted by atomic mass is 16.6. The van der Waals surface area contributed by atoms with Crippen LogP contribution in [0, 0.1) is 0 Å². The van der Waals surface area contributed by atoms with Crippen molar-refractivity contribution in [1.82, 2.24) is 19.5 Å². The fourth-order valence-corrected chi connectivity index (χ4v) is 2.35. The number of aliphatic hydroxyl groups is 3. The first kappa shape index (κ1) is 14.1. The number of anilines is 1. The standard InChI is InChI=1S/C11H14N5O5/c12-9-6-10(15-5(2-18)14-9)16(3-13-6)11-8(20)7(19)4(1-17)21-11/h3-4,7-8,11,17,19-20H,1-2H2,(H2,12,14,15)/t4-,7-,8+,11+/m1/s1. The van der Waals surface area contributed by atoms with Gasteiger partial charge in [0.2, 0.25) is 0 Å². The molecule has 2 aromatic heterocycles. The molecule has 0 aromatic carbocycles. The summed E-state index contributed by atoms with van der Waals surface area (Å²) in [4.78, 5) is 11.9. The highest BCUT2D eigenvalue weighted by Gasteiger charge is 2.44. The third kappa shape index (κ3) is 2.13. The number of nitrogen functional groups attached to an aromatic ring is 1. The third-order valence-electron chi connectivity index (χ3n) is 3.42. The normalized spacial score (nSPS) is 29.3. The molecule has 4 atom stereocenters. The van der Waals surface area contributed by atoms with Crippen molar-refractivity contribution in [2.75, 3.05) is 12.3 Å². The Morgan fingerprint density at radius 1 is 1.33 bits per heavy atom. The second kappa shape index (κ2) is 5.16. The molecular formula is C11H14N5O5. The van der Waals surface area contributed by atoms with Crippen LogP contribution in [0.4, 0.5) is 5.82 Å². The van der Waals surface area contributed by atoms with Gasteiger partial charge in [0, 0.05) is 0 Å². The van der Waals surface area contributed by atoms with E-state index in [1.807, 2.05) is 0 Å². The Bertz CT molecular complexity index is 662. The molecule has 0 amide bonds. The minimum Gasteiger partial charge on any atom is -0.394 e. The Morgan fingerprint density at radius 2 is 2.10 bits per heavy atom. The monoisotopic (exact) mass is 296 g/mol. The highest BCUT2D eigenvalue weighted by Crippen LogP contribution is 2.31. The van der Waals surface area contributed by atoms with E-state index in [4.69, 9.17) is 15.6 Å². The Hall–Kier alpha value is -1.85. The molecule has 3 rings (SSSR count). The summed E-state index contributed by atoms with van der Waals surface area (Å²) in [7, 11) is 0. The molecule has 1 saturated heterocycles. The van der Waals surface area contributed by atoms with Gasteiger partial charge in [-0.15, -0.1) is 0 Å². The van der Waals surface area contributed by atoms with Gasteiger partial charge < -0.3 is 25.8 Å². The van der Waals surface area contributed by atoms with Crippen LogP contribution in [0.1, 0.15) is 12.1 Å². The van der Waals surface area contributed by atoms with E-state index >= 15 is 0 Å². The molecule has 0 bridgehead atoms. The molecule has 1 aliphatic rings. The van der Waals surface area contributed by atoms with E-state index in [9.17, 15) is 15.3 Å². The van der Waals surface area contributed by atoms with Gasteiger partial charge in [-0.1, -0.05) is 0 Å². The lowest BCUT2D eigenvalue weighted by Crippen LogP contribution is -2.33. The summed E-state index contributed by atoms with van der Waals surface area (Å²) >= 11 is 0. The van der Waals surface area contributed by atoms with Gasteiger partial charge >= 0.3 is 0 Å². The first-order valence-electron chi connectivity index (χ1n) is 6.26. The van der Waals surface area contributed by atoms with E-state index in [0.29, 0.717) is 0 Å². The molecule has 0 saturated carbocycles. The van der Waals surface area contributed by atoms with Crippen molar-refractivity contribution in [3.8, 4) is 0 Å². The molecule has 2 aromatic rings. The second-order valence-corrected chi connectivity index (χ2v) is 4.72. The Kier molecular flexibility index (Phi) is 3.47. The number of ether oxygens (including phenoxy) is 1. The summed E-state index contributed by atoms with van der Waals surface area (Å²) in [5, 5.41) is 39.8. The maximum atomic E-state index is 10.9. The van der Waals surface area contributed by atoms with Crippen LogP contribution in [-0.4, -0.2) is 59.8 Å². The minimum absolute atomic E-state index is 0.00602. The summed E-state index contributed by atoms with van der Waals surface area (Å²) in [6, 6.07) is 0. The molecule has 0 aliphatic carbocycles. The first-order chi connectivity index (χ1) is 10.1. The van der Waals surface area contributed by atoms with Crippen molar-refractivity contribution in [2.45, 2.75) is 31.1 Å². The molecule has 10 nitrogen and oxygen atoms in total. The SMILES string of the molecule is Nc1nc(C[O])nc2c1ncn2[C@H]1O[C@H](CO)[C@@H](O)[C@@H]1O. The third-order valence-corrected chi connectivity index (χ3v) is 3.42. The topological polar surface area (TPSA) is 159 Å². The highest BCUT2D eigenvalue weighted by molar-refractivity contribution is 5.81. The van der Waals surface area contributed by atoms with Crippen molar-refractivity contribution in [3.63, 3.8) is 0 Å². The smallest absolute Gasteiger partial charge is 0.168 e. The van der Waals surface area contributed by atoms with E-state index in [1.165, 1.54) is 10.9 Å². The zero-order valence-corrected chi connectivity index (χ0v) is 10.8. The Labute approximate surface area is 118 Å². The quantitative estimate of drug-likeness (QED) is 0.503. The molecule has 5 N–H and O–H groups in total. The maximum Gasteiger partial charge on any atom is 0.168 e. The average molecular weight is 296 g/mol. The van der Waals surface area contributed by atoms with E-state index in [1.54, 1.807) is 0 Å². The van der Waals surface area contributed by atoms with E-state index in [0.717, 1.165) is 0 Å². The van der Waals surface area contributed by atoms with Crippen molar-refractivity contribution in [3.05, 3.63) is 12.2 Å². The zero-order valence-electron chi connectivity index (χ0n) is 10.8. The number of imidazole rings is 1. The van der Waals surface area contributed by atoms with Gasteiger partial charge in [-0.05, 0) is 0 Å². The number of hydrogen-bond donors (Lipinski definition) is 4. The average Bonchev–Trinajstić information content (AvgIpc) is 3.02. The van der Waals surface area contributed by atoms with E-state index in [2.05, 4.69) is 15.0 Å².